The Morgan fingerprint density at radius 1 is 0.931 bits per heavy atom. The molecule has 0 spiro atoms. The lowest BCUT2D eigenvalue weighted by atomic mass is 10.0. The van der Waals surface area contributed by atoms with Gasteiger partial charge in [0.05, 0.1) is 11.1 Å². The number of para-hydroxylation sites is 1. The third-order valence-electron chi connectivity index (χ3n) is 5.00. The first kappa shape index (κ1) is 18.9. The summed E-state index contributed by atoms with van der Waals surface area (Å²) >= 11 is 0. The van der Waals surface area contributed by atoms with Gasteiger partial charge in [0.15, 0.2) is 5.82 Å². The topological polar surface area (TPSA) is 84.1 Å². The number of anilines is 1. The molecule has 0 fully saturated rings. The smallest absolute Gasteiger partial charge is 0.165 e. The monoisotopic (exact) mass is 384 g/mol. The highest BCUT2D eigenvalue weighted by atomic mass is 16.3. The van der Waals surface area contributed by atoms with Crippen LogP contribution in [-0.4, -0.2) is 27.7 Å². The highest BCUT2D eigenvalue weighted by Gasteiger charge is 2.14. The van der Waals surface area contributed by atoms with Crippen molar-refractivity contribution < 1.29 is 5.11 Å². The van der Waals surface area contributed by atoms with Gasteiger partial charge in [-0.05, 0) is 41.8 Å². The van der Waals surface area contributed by atoms with Crippen LogP contribution >= 0.6 is 0 Å². The van der Waals surface area contributed by atoms with Gasteiger partial charge in [-0.25, -0.2) is 9.97 Å². The van der Waals surface area contributed by atoms with Crippen LogP contribution in [0.4, 0.5) is 5.82 Å². The van der Waals surface area contributed by atoms with Crippen LogP contribution in [0.2, 0.25) is 0 Å². The number of benzene rings is 3. The number of rotatable bonds is 6. The van der Waals surface area contributed by atoms with Crippen molar-refractivity contribution in [1.82, 2.24) is 9.97 Å². The van der Waals surface area contributed by atoms with Gasteiger partial charge >= 0.3 is 0 Å². The van der Waals surface area contributed by atoms with Crippen molar-refractivity contribution in [3.63, 3.8) is 0 Å². The summed E-state index contributed by atoms with van der Waals surface area (Å²) in [4.78, 5) is 9.44. The number of hydrogen-bond acceptors (Lipinski definition) is 5. The highest BCUT2D eigenvalue weighted by Crippen LogP contribution is 2.33. The lowest BCUT2D eigenvalue weighted by Gasteiger charge is -2.14. The fourth-order valence-corrected chi connectivity index (χ4v) is 3.23. The number of nitrogens with two attached hydrogens (primary N) is 1. The van der Waals surface area contributed by atoms with Crippen molar-refractivity contribution in [3.05, 3.63) is 72.8 Å². The number of nitrogens with zero attached hydrogens (tertiary/aromatic N) is 2. The van der Waals surface area contributed by atoms with Gasteiger partial charge in [0.1, 0.15) is 11.6 Å². The molecule has 1 aromatic heterocycles. The van der Waals surface area contributed by atoms with Crippen LogP contribution in [0.15, 0.2) is 72.8 Å². The summed E-state index contributed by atoms with van der Waals surface area (Å²) in [5, 5.41) is 14.8. The van der Waals surface area contributed by atoms with E-state index in [0.717, 1.165) is 34.3 Å². The van der Waals surface area contributed by atoms with E-state index in [9.17, 15) is 5.11 Å². The second-order valence-corrected chi connectivity index (χ2v) is 7.06. The maximum atomic E-state index is 10.5. The summed E-state index contributed by atoms with van der Waals surface area (Å²) in [7, 11) is 0. The minimum absolute atomic E-state index is 0.0435. The predicted molar refractivity (Wildman–Crippen MR) is 119 cm³/mol. The first-order chi connectivity index (χ1) is 14.2. The number of hydrogen-bond donors (Lipinski definition) is 3. The Morgan fingerprint density at radius 3 is 2.48 bits per heavy atom. The molecule has 0 aliphatic rings. The first-order valence-corrected chi connectivity index (χ1v) is 9.80. The molecule has 5 nitrogen and oxygen atoms in total. The second kappa shape index (κ2) is 8.29. The molecule has 4 aromatic rings. The molecular formula is C24H24N4O. The number of nitrogens with one attached hydrogen (secondary N) is 1. The van der Waals surface area contributed by atoms with E-state index >= 15 is 0 Å². The molecule has 0 saturated heterocycles. The predicted octanol–water partition coefficient (Wildman–Crippen LogP) is 4.82. The molecule has 146 valence electrons. The summed E-state index contributed by atoms with van der Waals surface area (Å²) in [5.41, 5.74) is 9.56. The van der Waals surface area contributed by atoms with Crippen molar-refractivity contribution in [2.45, 2.75) is 19.4 Å². The molecule has 0 saturated carbocycles. The molecule has 4 N–H and O–H groups in total. The molecule has 0 amide bonds. The van der Waals surface area contributed by atoms with Gasteiger partial charge in [0.2, 0.25) is 0 Å². The van der Waals surface area contributed by atoms with Crippen molar-refractivity contribution in [2.24, 2.45) is 5.73 Å². The summed E-state index contributed by atoms with van der Waals surface area (Å²) in [6.45, 7) is 2.68. The Bertz CT molecular complexity index is 1130. The molecular weight excluding hydrogens is 360 g/mol. The van der Waals surface area contributed by atoms with E-state index in [4.69, 9.17) is 15.7 Å². The van der Waals surface area contributed by atoms with Gasteiger partial charge in [-0.2, -0.15) is 0 Å². The summed E-state index contributed by atoms with van der Waals surface area (Å²) in [6.07, 6.45) is 0.878. The van der Waals surface area contributed by atoms with Gasteiger partial charge in [-0.1, -0.05) is 55.5 Å². The van der Waals surface area contributed by atoms with Crippen LogP contribution in [0.1, 0.15) is 13.3 Å². The largest absolute Gasteiger partial charge is 0.507 e. The molecule has 4 rings (SSSR count). The average molecular weight is 384 g/mol. The Hall–Kier alpha value is -3.44. The van der Waals surface area contributed by atoms with Crippen molar-refractivity contribution in [2.75, 3.05) is 11.9 Å². The zero-order chi connectivity index (χ0) is 20.2. The normalized spacial score (nSPS) is 12.1. The van der Waals surface area contributed by atoms with Gasteiger partial charge in [0, 0.05) is 18.0 Å². The van der Waals surface area contributed by atoms with E-state index in [0.29, 0.717) is 17.9 Å². The Morgan fingerprint density at radius 2 is 1.69 bits per heavy atom. The highest BCUT2D eigenvalue weighted by molar-refractivity contribution is 5.91. The van der Waals surface area contributed by atoms with Crippen LogP contribution in [0.5, 0.6) is 5.75 Å². The van der Waals surface area contributed by atoms with Crippen LogP contribution in [0, 0.1) is 0 Å². The molecule has 0 aliphatic heterocycles. The fourth-order valence-electron chi connectivity index (χ4n) is 3.23. The molecule has 0 bridgehead atoms. The SMILES string of the molecule is CC[C@@H](N)CNc1nc(-c2cc(-c3ccccc3)ccc2O)nc2ccccc12. The lowest BCUT2D eigenvalue weighted by Crippen LogP contribution is -2.28. The van der Waals surface area contributed by atoms with Crippen LogP contribution < -0.4 is 11.1 Å². The molecule has 1 heterocycles. The Balaban J connectivity index is 1.81. The lowest BCUT2D eigenvalue weighted by molar-refractivity contribution is 0.477. The van der Waals surface area contributed by atoms with Crippen molar-refractivity contribution >= 4 is 16.7 Å². The van der Waals surface area contributed by atoms with Gasteiger partial charge in [0.25, 0.3) is 0 Å². The van der Waals surface area contributed by atoms with Crippen molar-refractivity contribution in [1.29, 1.82) is 0 Å². The third-order valence-corrected chi connectivity index (χ3v) is 5.00. The van der Waals surface area contributed by atoms with Crippen LogP contribution in [-0.2, 0) is 0 Å². The molecule has 5 heteroatoms. The summed E-state index contributed by atoms with van der Waals surface area (Å²) in [6, 6.07) is 23.4. The van der Waals surface area contributed by atoms with Crippen LogP contribution in [0.25, 0.3) is 33.4 Å². The van der Waals surface area contributed by atoms with E-state index in [1.807, 2.05) is 66.7 Å². The minimum atomic E-state index is 0.0435. The second-order valence-electron chi connectivity index (χ2n) is 7.06. The third kappa shape index (κ3) is 4.05. The maximum Gasteiger partial charge on any atom is 0.165 e. The standard InChI is InChI=1S/C24H24N4O/c1-2-18(25)15-26-23-19-10-6-7-11-21(19)27-24(28-23)20-14-17(12-13-22(20)29)16-8-4-3-5-9-16/h3-14,18,29H,2,15,25H2,1H3,(H,26,27,28)/t18-/m1/s1. The zero-order valence-electron chi connectivity index (χ0n) is 16.3. The summed E-state index contributed by atoms with van der Waals surface area (Å²) in [5.74, 6) is 1.35. The Kier molecular flexibility index (Phi) is 5.40. The van der Waals surface area contributed by atoms with Gasteiger partial charge < -0.3 is 16.2 Å². The number of aromatic hydroxyl groups is 1. The molecule has 29 heavy (non-hydrogen) atoms. The van der Waals surface area contributed by atoms with E-state index in [2.05, 4.69) is 12.2 Å². The number of phenols is 1. The van der Waals surface area contributed by atoms with Gasteiger partial charge in [-0.3, -0.25) is 0 Å². The minimum Gasteiger partial charge on any atom is -0.507 e. The maximum absolute atomic E-state index is 10.5. The van der Waals surface area contributed by atoms with Crippen molar-refractivity contribution in [3.8, 4) is 28.3 Å². The number of phenolic OH excluding ortho intramolecular Hbond substituents is 1. The molecule has 1 atom stereocenters. The summed E-state index contributed by atoms with van der Waals surface area (Å²) < 4.78 is 0. The molecule has 0 unspecified atom stereocenters. The average Bonchev–Trinajstić information content (AvgIpc) is 2.78. The fraction of sp³-hybridized carbons (Fsp3) is 0.167. The molecule has 0 radical (unpaired) electrons. The van der Waals surface area contributed by atoms with E-state index in [1.54, 1.807) is 6.07 Å². The van der Waals surface area contributed by atoms with Crippen LogP contribution in [0.3, 0.4) is 0 Å². The number of aromatic nitrogens is 2. The number of fused-ring (bicyclic) bond motifs is 1. The van der Waals surface area contributed by atoms with Gasteiger partial charge in [-0.15, -0.1) is 0 Å². The molecule has 3 aromatic carbocycles. The Labute approximate surface area is 170 Å². The zero-order valence-corrected chi connectivity index (χ0v) is 16.3. The molecule has 0 aliphatic carbocycles. The van der Waals surface area contributed by atoms with E-state index < -0.39 is 0 Å². The quantitative estimate of drug-likeness (QED) is 0.444. The van der Waals surface area contributed by atoms with E-state index in [1.165, 1.54) is 0 Å². The first-order valence-electron chi connectivity index (χ1n) is 9.80. The van der Waals surface area contributed by atoms with E-state index in [-0.39, 0.29) is 11.8 Å².